The Morgan fingerprint density at radius 3 is 2.38 bits per heavy atom. The molecule has 1 aliphatic rings. The van der Waals surface area contributed by atoms with E-state index in [9.17, 15) is 0 Å². The summed E-state index contributed by atoms with van der Waals surface area (Å²) in [6.45, 7) is 10.2. The fourth-order valence-corrected chi connectivity index (χ4v) is 2.02. The smallest absolute Gasteiger partial charge is 0.0507 e. The van der Waals surface area contributed by atoms with Gasteiger partial charge in [-0.25, -0.2) is 0 Å². The highest BCUT2D eigenvalue weighted by molar-refractivity contribution is 4.69. The molecule has 1 saturated heterocycles. The van der Waals surface area contributed by atoms with Crippen LogP contribution in [0.4, 0.5) is 0 Å². The van der Waals surface area contributed by atoms with Crippen molar-refractivity contribution in [2.45, 2.75) is 33.1 Å². The average Bonchev–Trinajstić information content (AvgIpc) is 2.58. The SMILES string of the molecule is CCCN(CCC)CC1CCOC1. The maximum atomic E-state index is 5.39. The van der Waals surface area contributed by atoms with Crippen LogP contribution in [0.1, 0.15) is 33.1 Å². The molecule has 0 amide bonds. The third-order valence-corrected chi connectivity index (χ3v) is 2.62. The molecule has 0 saturated carbocycles. The molecule has 1 fully saturated rings. The Hall–Kier alpha value is -0.0800. The van der Waals surface area contributed by atoms with Crippen molar-refractivity contribution in [3.8, 4) is 0 Å². The molecule has 0 bridgehead atoms. The number of nitrogens with zero attached hydrogens (tertiary/aromatic N) is 1. The van der Waals surface area contributed by atoms with E-state index in [4.69, 9.17) is 4.74 Å². The quantitative estimate of drug-likeness (QED) is 0.628. The third-order valence-electron chi connectivity index (χ3n) is 2.62. The van der Waals surface area contributed by atoms with E-state index < -0.39 is 0 Å². The van der Waals surface area contributed by atoms with Crippen LogP contribution in [0.3, 0.4) is 0 Å². The zero-order valence-electron chi connectivity index (χ0n) is 9.09. The molecule has 1 heterocycles. The largest absolute Gasteiger partial charge is 0.381 e. The lowest BCUT2D eigenvalue weighted by atomic mass is 10.1. The lowest BCUT2D eigenvalue weighted by Crippen LogP contribution is -2.31. The van der Waals surface area contributed by atoms with Crippen LogP contribution in [0.25, 0.3) is 0 Å². The molecule has 0 aliphatic carbocycles. The molecular formula is C11H23NO. The first-order valence-corrected chi connectivity index (χ1v) is 5.66. The first-order valence-electron chi connectivity index (χ1n) is 5.66. The van der Waals surface area contributed by atoms with Crippen molar-refractivity contribution in [1.29, 1.82) is 0 Å². The molecule has 0 aromatic carbocycles. The van der Waals surface area contributed by atoms with E-state index in [-0.39, 0.29) is 0 Å². The monoisotopic (exact) mass is 185 g/mol. The molecule has 1 atom stereocenters. The molecule has 1 aliphatic heterocycles. The summed E-state index contributed by atoms with van der Waals surface area (Å²) in [5, 5.41) is 0. The van der Waals surface area contributed by atoms with Crippen molar-refractivity contribution >= 4 is 0 Å². The van der Waals surface area contributed by atoms with Gasteiger partial charge in [0.15, 0.2) is 0 Å². The van der Waals surface area contributed by atoms with Gasteiger partial charge in [-0.05, 0) is 38.3 Å². The van der Waals surface area contributed by atoms with Gasteiger partial charge in [-0.15, -0.1) is 0 Å². The zero-order valence-corrected chi connectivity index (χ0v) is 9.09. The van der Waals surface area contributed by atoms with Gasteiger partial charge in [-0.3, -0.25) is 0 Å². The van der Waals surface area contributed by atoms with Crippen molar-refractivity contribution in [2.24, 2.45) is 5.92 Å². The molecule has 0 N–H and O–H groups in total. The van der Waals surface area contributed by atoms with Crippen molar-refractivity contribution in [3.05, 3.63) is 0 Å². The first kappa shape index (κ1) is 11.0. The van der Waals surface area contributed by atoms with E-state index in [2.05, 4.69) is 18.7 Å². The maximum absolute atomic E-state index is 5.39. The van der Waals surface area contributed by atoms with Gasteiger partial charge in [0.2, 0.25) is 0 Å². The van der Waals surface area contributed by atoms with Gasteiger partial charge >= 0.3 is 0 Å². The first-order chi connectivity index (χ1) is 6.36. The second-order valence-electron chi connectivity index (χ2n) is 4.03. The van der Waals surface area contributed by atoms with Crippen LogP contribution >= 0.6 is 0 Å². The summed E-state index contributed by atoms with van der Waals surface area (Å²) in [4.78, 5) is 2.58. The summed E-state index contributed by atoms with van der Waals surface area (Å²) in [6, 6.07) is 0. The van der Waals surface area contributed by atoms with Crippen LogP contribution in [0.5, 0.6) is 0 Å². The van der Waals surface area contributed by atoms with Crippen molar-refractivity contribution < 1.29 is 4.74 Å². The molecule has 0 aromatic rings. The lowest BCUT2D eigenvalue weighted by Gasteiger charge is -2.23. The van der Waals surface area contributed by atoms with E-state index in [1.54, 1.807) is 0 Å². The Balaban J connectivity index is 2.19. The van der Waals surface area contributed by atoms with Crippen molar-refractivity contribution in [1.82, 2.24) is 4.90 Å². The van der Waals surface area contributed by atoms with Gasteiger partial charge in [0.1, 0.15) is 0 Å². The van der Waals surface area contributed by atoms with Gasteiger partial charge in [0, 0.05) is 13.2 Å². The van der Waals surface area contributed by atoms with Gasteiger partial charge in [0.25, 0.3) is 0 Å². The van der Waals surface area contributed by atoms with Gasteiger partial charge < -0.3 is 9.64 Å². The number of rotatable bonds is 6. The highest BCUT2D eigenvalue weighted by atomic mass is 16.5. The molecule has 0 aromatic heterocycles. The van der Waals surface area contributed by atoms with Crippen molar-refractivity contribution in [2.75, 3.05) is 32.8 Å². The summed E-state index contributed by atoms with van der Waals surface area (Å²) in [5.41, 5.74) is 0. The Morgan fingerprint density at radius 1 is 1.23 bits per heavy atom. The molecule has 2 nitrogen and oxygen atoms in total. The molecule has 0 radical (unpaired) electrons. The Kier molecular flexibility index (Phi) is 5.40. The summed E-state index contributed by atoms with van der Waals surface area (Å²) < 4.78 is 5.39. The van der Waals surface area contributed by atoms with Crippen LogP contribution in [-0.2, 0) is 4.74 Å². The molecular weight excluding hydrogens is 162 g/mol. The maximum Gasteiger partial charge on any atom is 0.0507 e. The van der Waals surface area contributed by atoms with Gasteiger partial charge in [0.05, 0.1) is 6.61 Å². The fraction of sp³-hybridized carbons (Fsp3) is 1.00. The van der Waals surface area contributed by atoms with Gasteiger partial charge in [-0.2, -0.15) is 0 Å². The lowest BCUT2D eigenvalue weighted by molar-refractivity contribution is 0.167. The van der Waals surface area contributed by atoms with Crippen LogP contribution in [0.2, 0.25) is 0 Å². The predicted octanol–water partition coefficient (Wildman–Crippen LogP) is 2.14. The Labute approximate surface area is 82.3 Å². The third kappa shape index (κ3) is 4.10. The predicted molar refractivity (Wildman–Crippen MR) is 55.9 cm³/mol. The topological polar surface area (TPSA) is 12.5 Å². The normalized spacial score (nSPS) is 22.8. The van der Waals surface area contributed by atoms with Crippen LogP contribution < -0.4 is 0 Å². The molecule has 1 unspecified atom stereocenters. The standard InChI is InChI=1S/C11H23NO/c1-3-6-12(7-4-2)9-11-5-8-13-10-11/h11H,3-10H2,1-2H3. The second kappa shape index (κ2) is 6.39. The van der Waals surface area contributed by atoms with Crippen molar-refractivity contribution in [3.63, 3.8) is 0 Å². The fourth-order valence-electron chi connectivity index (χ4n) is 2.02. The van der Waals surface area contributed by atoms with E-state index in [1.807, 2.05) is 0 Å². The van der Waals surface area contributed by atoms with E-state index in [1.165, 1.54) is 38.9 Å². The minimum absolute atomic E-state index is 0.804. The molecule has 2 heteroatoms. The summed E-state index contributed by atoms with van der Waals surface area (Å²) in [6.07, 6.45) is 3.81. The second-order valence-corrected chi connectivity index (χ2v) is 4.03. The summed E-state index contributed by atoms with van der Waals surface area (Å²) in [5.74, 6) is 0.804. The molecule has 78 valence electrons. The molecule has 0 spiro atoms. The molecule has 1 rings (SSSR count). The van der Waals surface area contributed by atoms with Crippen LogP contribution in [-0.4, -0.2) is 37.7 Å². The summed E-state index contributed by atoms with van der Waals surface area (Å²) >= 11 is 0. The summed E-state index contributed by atoms with van der Waals surface area (Å²) in [7, 11) is 0. The van der Waals surface area contributed by atoms with Gasteiger partial charge in [-0.1, -0.05) is 13.8 Å². The van der Waals surface area contributed by atoms with E-state index in [0.29, 0.717) is 0 Å². The number of hydrogen-bond acceptors (Lipinski definition) is 2. The number of ether oxygens (including phenoxy) is 1. The Bertz CT molecular complexity index is 115. The minimum Gasteiger partial charge on any atom is -0.381 e. The highest BCUT2D eigenvalue weighted by Gasteiger charge is 2.18. The Morgan fingerprint density at radius 2 is 1.92 bits per heavy atom. The van der Waals surface area contributed by atoms with Crippen LogP contribution in [0, 0.1) is 5.92 Å². The highest BCUT2D eigenvalue weighted by Crippen LogP contribution is 2.14. The minimum atomic E-state index is 0.804. The van der Waals surface area contributed by atoms with E-state index >= 15 is 0 Å². The molecule has 13 heavy (non-hydrogen) atoms. The number of hydrogen-bond donors (Lipinski definition) is 0. The van der Waals surface area contributed by atoms with Crippen LogP contribution in [0.15, 0.2) is 0 Å². The van der Waals surface area contributed by atoms with E-state index in [0.717, 1.165) is 19.1 Å². The zero-order chi connectivity index (χ0) is 9.52. The average molecular weight is 185 g/mol.